The number of amides is 2. The van der Waals surface area contributed by atoms with E-state index in [-0.39, 0.29) is 12.0 Å². The van der Waals surface area contributed by atoms with Crippen molar-refractivity contribution in [3.63, 3.8) is 0 Å². The van der Waals surface area contributed by atoms with Gasteiger partial charge in [0.15, 0.2) is 5.96 Å². The van der Waals surface area contributed by atoms with Crippen molar-refractivity contribution in [1.29, 1.82) is 5.41 Å². The number of unbranched alkanes of at least 4 members (excludes halogenated alkanes) is 9. The summed E-state index contributed by atoms with van der Waals surface area (Å²) >= 11 is 0. The maximum atomic E-state index is 12.6. The number of nitrogens with one attached hydrogen (secondary N) is 2. The molecule has 32 heavy (non-hydrogen) atoms. The molecule has 6 nitrogen and oxygen atoms in total. The highest BCUT2D eigenvalue weighted by Crippen LogP contribution is 2.33. The lowest BCUT2D eigenvalue weighted by molar-refractivity contribution is 0.200. The monoisotopic (exact) mass is 449 g/mol. The highest BCUT2D eigenvalue weighted by molar-refractivity contribution is 5.95. The first kappa shape index (κ1) is 28.4. The second kappa shape index (κ2) is 18.9. The molecule has 6 heteroatoms. The van der Waals surface area contributed by atoms with Crippen molar-refractivity contribution in [2.75, 3.05) is 19.6 Å². The molecule has 0 atom stereocenters. The number of nitrogens with two attached hydrogens (primary N) is 1. The van der Waals surface area contributed by atoms with Gasteiger partial charge < -0.3 is 16.0 Å². The fraction of sp³-hybridized carbons (Fsp3) is 0.885. The predicted molar refractivity (Wildman–Crippen MR) is 138 cm³/mol. The van der Waals surface area contributed by atoms with E-state index >= 15 is 0 Å². The minimum atomic E-state index is -0.108. The van der Waals surface area contributed by atoms with E-state index in [2.05, 4.69) is 24.2 Å². The lowest BCUT2D eigenvalue weighted by Gasteiger charge is -2.23. The van der Waals surface area contributed by atoms with E-state index < -0.39 is 0 Å². The van der Waals surface area contributed by atoms with E-state index in [1.165, 1.54) is 51.4 Å². The molecular formula is C26H51N5O. The van der Waals surface area contributed by atoms with Gasteiger partial charge in [0.05, 0.1) is 0 Å². The molecule has 0 spiro atoms. The molecule has 0 aromatic rings. The van der Waals surface area contributed by atoms with Crippen molar-refractivity contribution in [1.82, 2.24) is 10.2 Å². The summed E-state index contributed by atoms with van der Waals surface area (Å²) in [5.74, 6) is 1.19. The van der Waals surface area contributed by atoms with Crippen molar-refractivity contribution >= 4 is 17.7 Å². The number of guanidine groups is 1. The molecule has 0 bridgehead atoms. The number of hydrogen-bond donors (Lipinski definition) is 3. The van der Waals surface area contributed by atoms with E-state index in [0.29, 0.717) is 6.54 Å². The van der Waals surface area contributed by atoms with E-state index in [1.54, 1.807) is 0 Å². The molecule has 1 fully saturated rings. The Morgan fingerprint density at radius 3 is 2.12 bits per heavy atom. The van der Waals surface area contributed by atoms with Crippen LogP contribution in [0, 0.1) is 11.3 Å². The number of carbonyl (C=O) groups is 1. The highest BCUT2D eigenvalue weighted by atomic mass is 16.2. The van der Waals surface area contributed by atoms with Crippen LogP contribution in [0.1, 0.15) is 123 Å². The van der Waals surface area contributed by atoms with Gasteiger partial charge in [0.1, 0.15) is 0 Å². The Balaban J connectivity index is 2.12. The van der Waals surface area contributed by atoms with Gasteiger partial charge in [0.2, 0.25) is 0 Å². The molecule has 1 aliphatic carbocycles. The maximum absolute atomic E-state index is 12.6. The highest BCUT2D eigenvalue weighted by Gasteiger charge is 2.20. The number of rotatable bonds is 20. The summed E-state index contributed by atoms with van der Waals surface area (Å²) in [6.07, 6.45) is 19.8. The van der Waals surface area contributed by atoms with Crippen LogP contribution in [0.15, 0.2) is 4.99 Å². The topological polar surface area (TPSA) is 94.6 Å². The van der Waals surface area contributed by atoms with Gasteiger partial charge in [0.25, 0.3) is 0 Å². The molecule has 1 aliphatic rings. The standard InChI is InChI=1S/C26H51N5O/c1-3-5-13-21-31(26(32)30-25(28)29-20-6-4-2)22-14-11-9-7-8-10-12-15-24(27)19-18-23-16-17-23/h23,27H,3-22H2,1-2H3,(H3,28,29,30,32). The van der Waals surface area contributed by atoms with E-state index in [4.69, 9.17) is 11.1 Å². The number of carbonyl (C=O) groups excluding carboxylic acids is 1. The van der Waals surface area contributed by atoms with Gasteiger partial charge in [-0.3, -0.25) is 10.3 Å². The van der Waals surface area contributed by atoms with Crippen molar-refractivity contribution in [2.45, 2.75) is 123 Å². The van der Waals surface area contributed by atoms with Crippen LogP contribution < -0.4 is 11.1 Å². The van der Waals surface area contributed by atoms with Crippen LogP contribution in [-0.2, 0) is 0 Å². The third-order valence-corrected chi connectivity index (χ3v) is 6.31. The Kier molecular flexibility index (Phi) is 16.8. The Morgan fingerprint density at radius 2 is 1.50 bits per heavy atom. The average Bonchev–Trinajstić information content (AvgIpc) is 3.60. The summed E-state index contributed by atoms with van der Waals surface area (Å²) in [5.41, 5.74) is 6.84. The van der Waals surface area contributed by atoms with Crippen molar-refractivity contribution in [3.8, 4) is 0 Å². The van der Waals surface area contributed by atoms with Crippen molar-refractivity contribution in [2.24, 2.45) is 16.6 Å². The van der Waals surface area contributed by atoms with E-state index in [0.717, 1.165) is 82.5 Å². The number of aliphatic imine (C=N–C) groups is 1. The Bertz CT molecular complexity index is 530. The van der Waals surface area contributed by atoms with Crippen LogP contribution in [0.5, 0.6) is 0 Å². The van der Waals surface area contributed by atoms with E-state index in [9.17, 15) is 4.79 Å². The molecule has 0 heterocycles. The van der Waals surface area contributed by atoms with Crippen LogP contribution >= 0.6 is 0 Å². The Hall–Kier alpha value is -1.59. The van der Waals surface area contributed by atoms with Crippen molar-refractivity contribution < 1.29 is 4.79 Å². The van der Waals surface area contributed by atoms with Crippen LogP contribution in [-0.4, -0.2) is 42.2 Å². The van der Waals surface area contributed by atoms with Gasteiger partial charge >= 0.3 is 6.03 Å². The number of hydrogen-bond acceptors (Lipinski definition) is 3. The third kappa shape index (κ3) is 16.1. The molecule has 0 unspecified atom stereocenters. The zero-order valence-corrected chi connectivity index (χ0v) is 21.1. The first-order chi connectivity index (χ1) is 15.6. The van der Waals surface area contributed by atoms with Crippen LogP contribution in [0.2, 0.25) is 0 Å². The first-order valence-corrected chi connectivity index (χ1v) is 13.5. The molecule has 0 aromatic carbocycles. The lowest BCUT2D eigenvalue weighted by atomic mass is 10.0. The Morgan fingerprint density at radius 1 is 0.906 bits per heavy atom. The smallest absolute Gasteiger partial charge is 0.324 e. The average molecular weight is 450 g/mol. The zero-order valence-electron chi connectivity index (χ0n) is 21.1. The second-order valence-electron chi connectivity index (χ2n) is 9.56. The molecule has 0 radical (unpaired) electrons. The summed E-state index contributed by atoms with van der Waals surface area (Å²) < 4.78 is 0. The SMILES string of the molecule is CCCCCN(CCCCCCCCCC(=N)CCC1CC1)C(=O)NC(N)=NCCCC. The van der Waals surface area contributed by atoms with E-state index in [1.807, 2.05) is 4.90 Å². The minimum absolute atomic E-state index is 0.108. The van der Waals surface area contributed by atoms with Crippen molar-refractivity contribution in [3.05, 3.63) is 0 Å². The molecule has 1 rings (SSSR count). The van der Waals surface area contributed by atoms with Gasteiger partial charge in [-0.2, -0.15) is 0 Å². The maximum Gasteiger partial charge on any atom is 0.324 e. The van der Waals surface area contributed by atoms with Gasteiger partial charge in [-0.15, -0.1) is 0 Å². The summed E-state index contributed by atoms with van der Waals surface area (Å²) in [6, 6.07) is -0.108. The quantitative estimate of drug-likeness (QED) is 0.110. The molecule has 2 amide bonds. The molecule has 4 N–H and O–H groups in total. The summed E-state index contributed by atoms with van der Waals surface area (Å²) in [6.45, 7) is 6.53. The molecule has 0 saturated heterocycles. The molecule has 0 aliphatic heterocycles. The largest absolute Gasteiger partial charge is 0.370 e. The number of urea groups is 1. The minimum Gasteiger partial charge on any atom is -0.370 e. The van der Waals surface area contributed by atoms with Crippen LogP contribution in [0.3, 0.4) is 0 Å². The second-order valence-corrected chi connectivity index (χ2v) is 9.56. The zero-order chi connectivity index (χ0) is 23.4. The van der Waals surface area contributed by atoms with Crippen LogP contribution in [0.25, 0.3) is 0 Å². The third-order valence-electron chi connectivity index (χ3n) is 6.31. The molecular weight excluding hydrogens is 398 g/mol. The fourth-order valence-corrected chi connectivity index (χ4v) is 3.89. The van der Waals surface area contributed by atoms with Crippen LogP contribution in [0.4, 0.5) is 4.79 Å². The number of nitrogens with zero attached hydrogens (tertiary/aromatic N) is 2. The Labute approximate surface area is 197 Å². The summed E-state index contributed by atoms with van der Waals surface area (Å²) in [4.78, 5) is 18.7. The first-order valence-electron chi connectivity index (χ1n) is 13.5. The summed E-state index contributed by atoms with van der Waals surface area (Å²) in [5, 5.41) is 10.8. The van der Waals surface area contributed by atoms with Gasteiger partial charge in [-0.25, -0.2) is 4.79 Å². The lowest BCUT2D eigenvalue weighted by Crippen LogP contribution is -2.46. The van der Waals surface area contributed by atoms with Gasteiger partial charge in [0, 0.05) is 25.3 Å². The molecule has 0 aromatic heterocycles. The van der Waals surface area contributed by atoms with Gasteiger partial charge in [-0.1, -0.05) is 78.1 Å². The fourth-order valence-electron chi connectivity index (χ4n) is 3.89. The molecule has 1 saturated carbocycles. The van der Waals surface area contributed by atoms with Gasteiger partial charge in [-0.05, 0) is 50.9 Å². The normalized spacial score (nSPS) is 13.9. The summed E-state index contributed by atoms with van der Waals surface area (Å²) in [7, 11) is 0. The predicted octanol–water partition coefficient (Wildman–Crippen LogP) is 6.63. The molecule has 186 valence electrons.